The van der Waals surface area contributed by atoms with Gasteiger partial charge in [0.1, 0.15) is 6.33 Å². The zero-order chi connectivity index (χ0) is 14.5. The van der Waals surface area contributed by atoms with Crippen LogP contribution in [0.1, 0.15) is 41.9 Å². The van der Waals surface area contributed by atoms with E-state index in [1.807, 2.05) is 14.0 Å². The highest BCUT2D eigenvalue weighted by Gasteiger charge is 2.18. The van der Waals surface area contributed by atoms with E-state index in [0.29, 0.717) is 16.0 Å². The molecule has 0 saturated carbocycles. The molecule has 108 valence electrons. The van der Waals surface area contributed by atoms with Gasteiger partial charge in [0, 0.05) is 13.6 Å². The van der Waals surface area contributed by atoms with Crippen molar-refractivity contribution in [3.05, 3.63) is 17.2 Å². The SMILES string of the molecule is CCCNc1nnc(C(=O)NC(C)c2nncn2C)s1. The van der Waals surface area contributed by atoms with Gasteiger partial charge in [0.25, 0.3) is 5.91 Å². The number of aryl methyl sites for hydroxylation is 1. The summed E-state index contributed by atoms with van der Waals surface area (Å²) in [6, 6.07) is -0.244. The highest BCUT2D eigenvalue weighted by atomic mass is 32.1. The molecule has 0 saturated heterocycles. The summed E-state index contributed by atoms with van der Waals surface area (Å²) in [7, 11) is 1.83. The lowest BCUT2D eigenvalue weighted by atomic mass is 10.3. The molecule has 1 unspecified atom stereocenters. The first-order valence-corrected chi connectivity index (χ1v) is 7.15. The van der Waals surface area contributed by atoms with E-state index in [-0.39, 0.29) is 11.9 Å². The third-order valence-electron chi connectivity index (χ3n) is 2.63. The predicted octanol–water partition coefficient (Wildman–Crippen LogP) is 0.979. The predicted molar refractivity (Wildman–Crippen MR) is 75.6 cm³/mol. The first-order valence-electron chi connectivity index (χ1n) is 6.34. The fourth-order valence-electron chi connectivity index (χ4n) is 1.63. The lowest BCUT2D eigenvalue weighted by Gasteiger charge is -2.11. The molecule has 2 aromatic heterocycles. The molecular formula is C11H17N7OS. The van der Waals surface area contributed by atoms with Gasteiger partial charge in [-0.2, -0.15) is 0 Å². The average molecular weight is 295 g/mol. The molecule has 2 heterocycles. The molecular weight excluding hydrogens is 278 g/mol. The van der Waals surface area contributed by atoms with E-state index in [0.717, 1.165) is 13.0 Å². The van der Waals surface area contributed by atoms with Gasteiger partial charge in [-0.3, -0.25) is 4.79 Å². The zero-order valence-corrected chi connectivity index (χ0v) is 12.4. The molecule has 0 radical (unpaired) electrons. The van der Waals surface area contributed by atoms with E-state index in [4.69, 9.17) is 0 Å². The van der Waals surface area contributed by atoms with Crippen LogP contribution in [0.4, 0.5) is 5.13 Å². The molecule has 1 amide bonds. The number of rotatable bonds is 6. The maximum Gasteiger partial charge on any atom is 0.282 e. The number of aromatic nitrogens is 5. The van der Waals surface area contributed by atoms with Gasteiger partial charge in [0.05, 0.1) is 6.04 Å². The van der Waals surface area contributed by atoms with Crippen molar-refractivity contribution in [2.75, 3.05) is 11.9 Å². The highest BCUT2D eigenvalue weighted by Crippen LogP contribution is 2.16. The molecule has 0 aromatic carbocycles. The minimum Gasteiger partial charge on any atom is -0.360 e. The third-order valence-corrected chi connectivity index (χ3v) is 3.51. The minimum atomic E-state index is -0.262. The van der Waals surface area contributed by atoms with Crippen LogP contribution >= 0.6 is 11.3 Å². The minimum absolute atomic E-state index is 0.244. The number of anilines is 1. The Morgan fingerprint density at radius 2 is 2.25 bits per heavy atom. The van der Waals surface area contributed by atoms with E-state index >= 15 is 0 Å². The summed E-state index contributed by atoms with van der Waals surface area (Å²) < 4.78 is 1.76. The maximum absolute atomic E-state index is 12.1. The normalized spacial score (nSPS) is 12.2. The van der Waals surface area contributed by atoms with Gasteiger partial charge in [-0.15, -0.1) is 20.4 Å². The lowest BCUT2D eigenvalue weighted by Crippen LogP contribution is -2.28. The molecule has 9 heteroatoms. The van der Waals surface area contributed by atoms with Crippen LogP contribution < -0.4 is 10.6 Å². The Hall–Kier alpha value is -2.03. The first-order chi connectivity index (χ1) is 9.61. The van der Waals surface area contributed by atoms with Crippen molar-refractivity contribution in [2.24, 2.45) is 7.05 Å². The molecule has 1 atom stereocenters. The van der Waals surface area contributed by atoms with Crippen LogP contribution in [-0.2, 0) is 7.05 Å². The second-order valence-electron chi connectivity index (χ2n) is 4.33. The van der Waals surface area contributed by atoms with Crippen LogP contribution in [0.5, 0.6) is 0 Å². The highest BCUT2D eigenvalue weighted by molar-refractivity contribution is 7.17. The van der Waals surface area contributed by atoms with Crippen molar-refractivity contribution >= 4 is 22.4 Å². The van der Waals surface area contributed by atoms with Crippen molar-refractivity contribution in [1.82, 2.24) is 30.3 Å². The third kappa shape index (κ3) is 3.29. The van der Waals surface area contributed by atoms with E-state index in [9.17, 15) is 4.79 Å². The standard InChI is InChI=1S/C11H17N7OS/c1-4-5-12-11-17-16-10(20-11)9(19)14-7(2)8-15-13-6-18(8)3/h6-7H,4-5H2,1-3H3,(H,12,17)(H,14,19). The van der Waals surface area contributed by atoms with Gasteiger partial charge in [0.2, 0.25) is 10.1 Å². The van der Waals surface area contributed by atoms with E-state index in [1.165, 1.54) is 11.3 Å². The molecule has 0 spiro atoms. The summed E-state index contributed by atoms with van der Waals surface area (Å²) in [5, 5.41) is 22.5. The fourth-order valence-corrected chi connectivity index (χ4v) is 2.30. The summed E-state index contributed by atoms with van der Waals surface area (Å²) >= 11 is 1.24. The molecule has 2 rings (SSSR count). The van der Waals surface area contributed by atoms with Crippen LogP contribution in [-0.4, -0.2) is 37.4 Å². The molecule has 0 aliphatic rings. The van der Waals surface area contributed by atoms with Crippen molar-refractivity contribution in [3.63, 3.8) is 0 Å². The Bertz CT molecular complexity index is 579. The summed E-state index contributed by atoms with van der Waals surface area (Å²) in [6.45, 7) is 4.72. The molecule has 2 aromatic rings. The Balaban J connectivity index is 1.98. The number of nitrogens with one attached hydrogen (secondary N) is 2. The molecule has 20 heavy (non-hydrogen) atoms. The monoisotopic (exact) mass is 295 g/mol. The van der Waals surface area contributed by atoms with Gasteiger partial charge in [-0.05, 0) is 13.3 Å². The number of carbonyl (C=O) groups is 1. The van der Waals surface area contributed by atoms with Crippen molar-refractivity contribution in [2.45, 2.75) is 26.3 Å². The number of hydrogen-bond donors (Lipinski definition) is 2. The Labute approximate surface area is 120 Å². The Morgan fingerprint density at radius 3 is 2.90 bits per heavy atom. The van der Waals surface area contributed by atoms with Crippen LogP contribution in [0.25, 0.3) is 0 Å². The lowest BCUT2D eigenvalue weighted by molar-refractivity contribution is 0.0936. The van der Waals surface area contributed by atoms with Crippen molar-refractivity contribution < 1.29 is 4.79 Å². The van der Waals surface area contributed by atoms with Crippen LogP contribution in [0.2, 0.25) is 0 Å². The van der Waals surface area contributed by atoms with E-state index in [1.54, 1.807) is 10.9 Å². The van der Waals surface area contributed by atoms with Gasteiger partial charge in [0.15, 0.2) is 5.82 Å². The maximum atomic E-state index is 12.1. The number of amides is 1. The number of nitrogens with zero attached hydrogens (tertiary/aromatic N) is 5. The topological polar surface area (TPSA) is 97.6 Å². The smallest absolute Gasteiger partial charge is 0.282 e. The molecule has 0 fully saturated rings. The quantitative estimate of drug-likeness (QED) is 0.824. The Kier molecular flexibility index (Phi) is 4.61. The summed E-state index contributed by atoms with van der Waals surface area (Å²) in [4.78, 5) is 12.1. The van der Waals surface area contributed by atoms with Gasteiger partial charge in [-0.1, -0.05) is 18.3 Å². The van der Waals surface area contributed by atoms with Gasteiger partial charge in [-0.25, -0.2) is 0 Å². The summed E-state index contributed by atoms with van der Waals surface area (Å²) in [5.74, 6) is 0.426. The summed E-state index contributed by atoms with van der Waals surface area (Å²) in [5.41, 5.74) is 0. The molecule has 8 nitrogen and oxygen atoms in total. The van der Waals surface area contributed by atoms with Gasteiger partial charge >= 0.3 is 0 Å². The molecule has 2 N–H and O–H groups in total. The molecule has 0 aliphatic heterocycles. The first kappa shape index (κ1) is 14.4. The van der Waals surface area contributed by atoms with Crippen LogP contribution in [0, 0.1) is 0 Å². The second kappa shape index (κ2) is 6.42. The van der Waals surface area contributed by atoms with E-state index < -0.39 is 0 Å². The van der Waals surface area contributed by atoms with Crippen LogP contribution in [0.3, 0.4) is 0 Å². The number of carbonyl (C=O) groups excluding carboxylic acids is 1. The summed E-state index contributed by atoms with van der Waals surface area (Å²) in [6.07, 6.45) is 2.58. The van der Waals surface area contributed by atoms with E-state index in [2.05, 4.69) is 38.0 Å². The fraction of sp³-hybridized carbons (Fsp3) is 0.545. The Morgan fingerprint density at radius 1 is 1.45 bits per heavy atom. The second-order valence-corrected chi connectivity index (χ2v) is 5.31. The van der Waals surface area contributed by atoms with Crippen molar-refractivity contribution in [3.8, 4) is 0 Å². The zero-order valence-electron chi connectivity index (χ0n) is 11.6. The van der Waals surface area contributed by atoms with Crippen LogP contribution in [0.15, 0.2) is 6.33 Å². The average Bonchev–Trinajstić information content (AvgIpc) is 3.04. The largest absolute Gasteiger partial charge is 0.360 e. The number of hydrogen-bond acceptors (Lipinski definition) is 7. The van der Waals surface area contributed by atoms with Gasteiger partial charge < -0.3 is 15.2 Å². The molecule has 0 aliphatic carbocycles. The molecule has 0 bridgehead atoms. The van der Waals surface area contributed by atoms with Crippen molar-refractivity contribution in [1.29, 1.82) is 0 Å².